The minimum absolute atomic E-state index is 0.0239. The van der Waals surface area contributed by atoms with Crippen molar-refractivity contribution in [3.05, 3.63) is 72.8 Å². The molecule has 27 heavy (non-hydrogen) atoms. The normalized spacial score (nSPS) is 12.0. The summed E-state index contributed by atoms with van der Waals surface area (Å²) in [7, 11) is -3.77. The first kappa shape index (κ1) is 20.3. The predicted octanol–water partition coefficient (Wildman–Crippen LogP) is 2.33. The van der Waals surface area contributed by atoms with Crippen molar-refractivity contribution in [3.63, 3.8) is 0 Å². The molecule has 0 bridgehead atoms. The lowest BCUT2D eigenvalue weighted by atomic mass is 10.2. The topological polar surface area (TPSA) is 102 Å². The smallest absolute Gasteiger partial charge is 0.338 e. The van der Waals surface area contributed by atoms with Crippen LogP contribution in [0.5, 0.6) is 0 Å². The average Bonchev–Trinajstić information content (AvgIpc) is 2.67. The zero-order chi connectivity index (χ0) is 19.9. The Morgan fingerprint density at radius 3 is 2.52 bits per heavy atom. The van der Waals surface area contributed by atoms with Gasteiger partial charge in [0, 0.05) is 12.2 Å². The molecule has 1 amide bonds. The van der Waals surface area contributed by atoms with Crippen LogP contribution in [-0.4, -0.2) is 32.9 Å². The summed E-state index contributed by atoms with van der Waals surface area (Å²) in [5, 5.41) is 2.63. The van der Waals surface area contributed by atoms with Crippen molar-refractivity contribution in [2.45, 2.75) is 17.9 Å². The second-order valence-corrected chi connectivity index (χ2v) is 7.34. The molecule has 8 heteroatoms. The van der Waals surface area contributed by atoms with Gasteiger partial charge in [0.15, 0.2) is 6.10 Å². The zero-order valence-electron chi connectivity index (χ0n) is 14.7. The van der Waals surface area contributed by atoms with Gasteiger partial charge in [0.1, 0.15) is 0 Å². The van der Waals surface area contributed by atoms with E-state index in [1.165, 1.54) is 37.3 Å². The second-order valence-electron chi connectivity index (χ2n) is 5.57. The molecule has 2 N–H and O–H groups in total. The molecule has 2 rings (SSSR count). The highest BCUT2D eigenvalue weighted by molar-refractivity contribution is 7.89. The van der Waals surface area contributed by atoms with Gasteiger partial charge < -0.3 is 10.1 Å². The monoisotopic (exact) mass is 388 g/mol. The van der Waals surface area contributed by atoms with Crippen molar-refractivity contribution in [1.29, 1.82) is 0 Å². The highest BCUT2D eigenvalue weighted by Crippen LogP contribution is 2.14. The molecule has 0 unspecified atom stereocenters. The first-order chi connectivity index (χ1) is 12.8. The molecule has 0 spiro atoms. The van der Waals surface area contributed by atoms with Crippen LogP contribution in [0.25, 0.3) is 0 Å². The number of carbonyl (C=O) groups excluding carboxylic acids is 2. The van der Waals surface area contributed by atoms with Gasteiger partial charge in [-0.1, -0.05) is 30.3 Å². The van der Waals surface area contributed by atoms with E-state index in [1.54, 1.807) is 24.3 Å². The molecule has 2 aromatic rings. The molecule has 0 aromatic heterocycles. The van der Waals surface area contributed by atoms with Crippen LogP contribution in [0.15, 0.2) is 72.1 Å². The number of amides is 1. The Labute approximate surface area is 158 Å². The van der Waals surface area contributed by atoms with Crippen molar-refractivity contribution in [2.24, 2.45) is 0 Å². The van der Waals surface area contributed by atoms with Crippen molar-refractivity contribution in [1.82, 2.24) is 4.72 Å². The quantitative estimate of drug-likeness (QED) is 0.534. The van der Waals surface area contributed by atoms with Gasteiger partial charge in [0.05, 0.1) is 10.5 Å². The van der Waals surface area contributed by atoms with Gasteiger partial charge in [-0.3, -0.25) is 4.79 Å². The lowest BCUT2D eigenvalue weighted by Crippen LogP contribution is -2.30. The molecule has 0 saturated carbocycles. The van der Waals surface area contributed by atoms with E-state index in [4.69, 9.17) is 4.74 Å². The van der Waals surface area contributed by atoms with Gasteiger partial charge in [-0.25, -0.2) is 17.9 Å². The van der Waals surface area contributed by atoms with Gasteiger partial charge in [-0.2, -0.15) is 0 Å². The van der Waals surface area contributed by atoms with Crippen LogP contribution < -0.4 is 10.0 Å². The molecule has 142 valence electrons. The van der Waals surface area contributed by atoms with Gasteiger partial charge in [0.25, 0.3) is 5.91 Å². The van der Waals surface area contributed by atoms with E-state index in [-0.39, 0.29) is 17.0 Å². The predicted molar refractivity (Wildman–Crippen MR) is 102 cm³/mol. The van der Waals surface area contributed by atoms with Crippen molar-refractivity contribution in [2.75, 3.05) is 11.9 Å². The lowest BCUT2D eigenvalue weighted by molar-refractivity contribution is -0.123. The minimum Gasteiger partial charge on any atom is -0.449 e. The van der Waals surface area contributed by atoms with Crippen LogP contribution in [-0.2, 0) is 19.6 Å². The van der Waals surface area contributed by atoms with E-state index in [9.17, 15) is 18.0 Å². The standard InChI is InChI=1S/C19H20N2O5S/c1-3-12-20-27(24,25)17-11-7-8-15(13-17)19(23)26-14(2)18(22)21-16-9-5-4-6-10-16/h3-11,13-14,20H,1,12H2,2H3,(H,21,22)/t14-/m0/s1. The number of benzene rings is 2. The van der Waals surface area contributed by atoms with Crippen molar-refractivity contribution >= 4 is 27.6 Å². The van der Waals surface area contributed by atoms with Gasteiger partial charge >= 0.3 is 5.97 Å². The van der Waals surface area contributed by atoms with E-state index in [1.807, 2.05) is 6.07 Å². The fourth-order valence-electron chi connectivity index (χ4n) is 2.09. The molecule has 2 aromatic carbocycles. The summed E-state index contributed by atoms with van der Waals surface area (Å²) in [6.45, 7) is 4.94. The third-order valence-electron chi connectivity index (χ3n) is 3.49. The van der Waals surface area contributed by atoms with E-state index in [0.717, 1.165) is 0 Å². The number of hydrogen-bond acceptors (Lipinski definition) is 5. The number of anilines is 1. The number of rotatable bonds is 8. The van der Waals surface area contributed by atoms with Crippen LogP contribution >= 0.6 is 0 Å². The van der Waals surface area contributed by atoms with E-state index in [0.29, 0.717) is 5.69 Å². The number of hydrogen-bond donors (Lipinski definition) is 2. The number of carbonyl (C=O) groups is 2. The lowest BCUT2D eigenvalue weighted by Gasteiger charge is -2.14. The Hall–Kier alpha value is -2.97. The number of nitrogens with one attached hydrogen (secondary N) is 2. The fourth-order valence-corrected chi connectivity index (χ4v) is 3.13. The molecule has 0 heterocycles. The average molecular weight is 388 g/mol. The molecule has 0 saturated heterocycles. The van der Waals surface area contributed by atoms with Gasteiger partial charge in [-0.15, -0.1) is 6.58 Å². The Morgan fingerprint density at radius 2 is 1.85 bits per heavy atom. The number of sulfonamides is 1. The number of esters is 1. The van der Waals surface area contributed by atoms with E-state index < -0.39 is 28.0 Å². The molecule has 7 nitrogen and oxygen atoms in total. The third-order valence-corrected chi connectivity index (χ3v) is 4.91. The fraction of sp³-hybridized carbons (Fsp3) is 0.158. The Balaban J connectivity index is 2.06. The van der Waals surface area contributed by atoms with E-state index in [2.05, 4.69) is 16.6 Å². The van der Waals surface area contributed by atoms with Gasteiger partial charge in [0.2, 0.25) is 10.0 Å². The van der Waals surface area contributed by atoms with Crippen molar-refractivity contribution < 1.29 is 22.7 Å². The molecule has 0 aliphatic rings. The summed E-state index contributed by atoms with van der Waals surface area (Å²) in [5.41, 5.74) is 0.600. The molecule has 0 aliphatic heterocycles. The van der Waals surface area contributed by atoms with E-state index >= 15 is 0 Å². The SMILES string of the molecule is C=CCNS(=O)(=O)c1cccc(C(=O)O[C@@H](C)C(=O)Nc2ccccc2)c1. The maximum atomic E-state index is 12.3. The van der Waals surface area contributed by atoms with Crippen LogP contribution in [0, 0.1) is 0 Å². The summed E-state index contributed by atoms with van der Waals surface area (Å²) in [5.74, 6) is -1.29. The molecular weight excluding hydrogens is 368 g/mol. The van der Waals surface area contributed by atoms with Crippen LogP contribution in [0.2, 0.25) is 0 Å². The second kappa shape index (κ2) is 9.11. The molecule has 0 aliphatic carbocycles. The van der Waals surface area contributed by atoms with Crippen LogP contribution in [0.1, 0.15) is 17.3 Å². The summed E-state index contributed by atoms with van der Waals surface area (Å²) >= 11 is 0. The minimum atomic E-state index is -3.77. The van der Waals surface area contributed by atoms with Crippen LogP contribution in [0.4, 0.5) is 5.69 Å². The summed E-state index contributed by atoms with van der Waals surface area (Å²) < 4.78 is 31.7. The highest BCUT2D eigenvalue weighted by Gasteiger charge is 2.21. The Kier molecular flexibility index (Phi) is 6.86. The number of ether oxygens (including phenoxy) is 1. The molecular formula is C19H20N2O5S. The first-order valence-corrected chi connectivity index (χ1v) is 9.59. The molecule has 0 radical (unpaired) electrons. The highest BCUT2D eigenvalue weighted by atomic mass is 32.2. The first-order valence-electron chi connectivity index (χ1n) is 8.11. The summed E-state index contributed by atoms with van der Waals surface area (Å²) in [4.78, 5) is 24.3. The molecule has 1 atom stereocenters. The Morgan fingerprint density at radius 1 is 1.15 bits per heavy atom. The maximum Gasteiger partial charge on any atom is 0.338 e. The van der Waals surface area contributed by atoms with Crippen molar-refractivity contribution in [3.8, 4) is 0 Å². The zero-order valence-corrected chi connectivity index (χ0v) is 15.5. The largest absolute Gasteiger partial charge is 0.449 e. The summed E-state index contributed by atoms with van der Waals surface area (Å²) in [6, 6.07) is 14.1. The van der Waals surface area contributed by atoms with Crippen LogP contribution in [0.3, 0.4) is 0 Å². The maximum absolute atomic E-state index is 12.3. The summed E-state index contributed by atoms with van der Waals surface area (Å²) in [6.07, 6.45) is 0.347. The molecule has 0 fully saturated rings. The van der Waals surface area contributed by atoms with Gasteiger partial charge in [-0.05, 0) is 37.3 Å². The Bertz CT molecular complexity index is 926. The number of para-hydroxylation sites is 1. The third kappa shape index (κ3) is 5.77.